The topological polar surface area (TPSA) is 38.0 Å². The molecule has 0 aliphatic heterocycles. The van der Waals surface area contributed by atoms with Crippen LogP contribution in [0.4, 0.5) is 8.78 Å². The minimum absolute atomic E-state index is 0.0145. The molecule has 21 heavy (non-hydrogen) atoms. The van der Waals surface area contributed by atoms with Gasteiger partial charge < -0.3 is 0 Å². The van der Waals surface area contributed by atoms with Crippen LogP contribution in [-0.4, -0.2) is 0 Å². The number of hydrogen-bond donors (Lipinski definition) is 2. The van der Waals surface area contributed by atoms with Gasteiger partial charge >= 0.3 is 0 Å². The van der Waals surface area contributed by atoms with Crippen LogP contribution >= 0.6 is 0 Å². The van der Waals surface area contributed by atoms with Crippen LogP contribution in [0.25, 0.3) is 0 Å². The maximum absolute atomic E-state index is 13.9. The molecule has 0 aliphatic rings. The second-order valence-corrected chi connectivity index (χ2v) is 5.44. The van der Waals surface area contributed by atoms with Crippen LogP contribution in [0.1, 0.15) is 33.9 Å². The Morgan fingerprint density at radius 2 is 1.57 bits per heavy atom. The van der Waals surface area contributed by atoms with E-state index >= 15 is 0 Å². The molecule has 2 aromatic carbocycles. The van der Waals surface area contributed by atoms with Crippen molar-refractivity contribution in [2.45, 2.75) is 33.2 Å². The molecule has 2 rings (SSSR count). The van der Waals surface area contributed by atoms with Crippen LogP contribution in [0.2, 0.25) is 0 Å². The number of halogens is 2. The van der Waals surface area contributed by atoms with Gasteiger partial charge in [0.1, 0.15) is 11.6 Å². The molecule has 0 bridgehead atoms. The fourth-order valence-corrected chi connectivity index (χ4v) is 2.82. The van der Waals surface area contributed by atoms with Gasteiger partial charge in [-0.3, -0.25) is 11.3 Å². The van der Waals surface area contributed by atoms with Crippen LogP contribution in [0.3, 0.4) is 0 Å². The molecule has 0 saturated heterocycles. The Balaban J connectivity index is 2.41. The van der Waals surface area contributed by atoms with Gasteiger partial charge in [0.15, 0.2) is 0 Å². The summed E-state index contributed by atoms with van der Waals surface area (Å²) in [4.78, 5) is 0. The Morgan fingerprint density at radius 1 is 1.05 bits per heavy atom. The number of nitrogens with one attached hydrogen (secondary N) is 1. The summed E-state index contributed by atoms with van der Waals surface area (Å²) in [7, 11) is 0. The Bertz CT molecular complexity index is 610. The summed E-state index contributed by atoms with van der Waals surface area (Å²) < 4.78 is 27.8. The van der Waals surface area contributed by atoms with Crippen LogP contribution < -0.4 is 11.3 Å². The first kappa shape index (κ1) is 15.6. The van der Waals surface area contributed by atoms with Crippen molar-refractivity contribution >= 4 is 0 Å². The van der Waals surface area contributed by atoms with Crippen molar-refractivity contribution in [1.29, 1.82) is 0 Å². The average molecular weight is 290 g/mol. The standard InChI is InChI=1S/C17H20F2N2/c1-10-7-11(2)13(12(3)8-10)9-16(21-20)17-14(18)5-4-6-15(17)19/h4-8,16,21H,9,20H2,1-3H3. The summed E-state index contributed by atoms with van der Waals surface area (Å²) in [6.45, 7) is 6.03. The molecule has 0 amide bonds. The first-order valence-electron chi connectivity index (χ1n) is 6.90. The summed E-state index contributed by atoms with van der Waals surface area (Å²) in [6.07, 6.45) is 0.437. The molecule has 0 heterocycles. The molecule has 0 aromatic heterocycles. The van der Waals surface area contributed by atoms with Gasteiger partial charge in [-0.1, -0.05) is 23.8 Å². The van der Waals surface area contributed by atoms with E-state index in [4.69, 9.17) is 5.84 Å². The molecule has 0 spiro atoms. The van der Waals surface area contributed by atoms with Gasteiger partial charge in [0.2, 0.25) is 0 Å². The first-order valence-corrected chi connectivity index (χ1v) is 6.90. The van der Waals surface area contributed by atoms with E-state index in [9.17, 15) is 8.78 Å². The van der Waals surface area contributed by atoms with Crippen molar-refractivity contribution in [1.82, 2.24) is 5.43 Å². The van der Waals surface area contributed by atoms with Gasteiger partial charge in [-0.05, 0) is 56.0 Å². The van der Waals surface area contributed by atoms with E-state index in [1.807, 2.05) is 20.8 Å². The van der Waals surface area contributed by atoms with Crippen LogP contribution in [0.5, 0.6) is 0 Å². The molecule has 2 nitrogen and oxygen atoms in total. The summed E-state index contributed by atoms with van der Waals surface area (Å²) >= 11 is 0. The lowest BCUT2D eigenvalue weighted by Crippen LogP contribution is -2.31. The summed E-state index contributed by atoms with van der Waals surface area (Å²) in [5.74, 6) is 4.37. The van der Waals surface area contributed by atoms with Crippen molar-refractivity contribution in [3.05, 3.63) is 69.8 Å². The third-order valence-electron chi connectivity index (χ3n) is 3.80. The molecule has 3 N–H and O–H groups in total. The van der Waals surface area contributed by atoms with E-state index in [0.29, 0.717) is 6.42 Å². The van der Waals surface area contributed by atoms with E-state index in [2.05, 4.69) is 17.6 Å². The Labute approximate surface area is 124 Å². The third-order valence-corrected chi connectivity index (χ3v) is 3.80. The van der Waals surface area contributed by atoms with E-state index < -0.39 is 17.7 Å². The van der Waals surface area contributed by atoms with Crippen molar-refractivity contribution < 1.29 is 8.78 Å². The third kappa shape index (κ3) is 3.28. The largest absolute Gasteiger partial charge is 0.271 e. The normalized spacial score (nSPS) is 12.5. The fraction of sp³-hybridized carbons (Fsp3) is 0.294. The van der Waals surface area contributed by atoms with Gasteiger partial charge in [0, 0.05) is 5.56 Å². The highest BCUT2D eigenvalue weighted by atomic mass is 19.1. The van der Waals surface area contributed by atoms with Gasteiger partial charge in [-0.25, -0.2) is 8.78 Å². The van der Waals surface area contributed by atoms with Crippen LogP contribution in [0.15, 0.2) is 30.3 Å². The quantitative estimate of drug-likeness (QED) is 0.666. The Hall–Kier alpha value is -1.78. The molecule has 4 heteroatoms. The number of nitrogens with two attached hydrogens (primary N) is 1. The molecular weight excluding hydrogens is 270 g/mol. The van der Waals surface area contributed by atoms with Gasteiger partial charge in [-0.2, -0.15) is 0 Å². The number of hydrogen-bond acceptors (Lipinski definition) is 2. The molecule has 112 valence electrons. The zero-order chi connectivity index (χ0) is 15.6. The van der Waals surface area contributed by atoms with E-state index in [-0.39, 0.29) is 5.56 Å². The number of benzene rings is 2. The summed E-state index contributed by atoms with van der Waals surface area (Å²) in [5.41, 5.74) is 6.96. The van der Waals surface area contributed by atoms with Gasteiger partial charge in [-0.15, -0.1) is 0 Å². The molecular formula is C17H20F2N2. The van der Waals surface area contributed by atoms with E-state index in [1.54, 1.807) is 0 Å². The lowest BCUT2D eigenvalue weighted by Gasteiger charge is -2.20. The first-order chi connectivity index (χ1) is 9.93. The van der Waals surface area contributed by atoms with Crippen molar-refractivity contribution in [3.63, 3.8) is 0 Å². The van der Waals surface area contributed by atoms with E-state index in [0.717, 1.165) is 16.7 Å². The average Bonchev–Trinajstić information content (AvgIpc) is 2.40. The smallest absolute Gasteiger partial charge is 0.130 e. The molecule has 0 fully saturated rings. The SMILES string of the molecule is Cc1cc(C)c(CC(NN)c2c(F)cccc2F)c(C)c1. The molecule has 1 atom stereocenters. The second kappa shape index (κ2) is 6.33. The Kier molecular flexibility index (Phi) is 4.70. The zero-order valence-corrected chi connectivity index (χ0v) is 12.5. The predicted molar refractivity (Wildman–Crippen MR) is 80.8 cm³/mol. The minimum Gasteiger partial charge on any atom is -0.271 e. The highest BCUT2D eigenvalue weighted by Crippen LogP contribution is 2.27. The highest BCUT2D eigenvalue weighted by Gasteiger charge is 2.20. The van der Waals surface area contributed by atoms with Crippen molar-refractivity contribution in [2.75, 3.05) is 0 Å². The fourth-order valence-electron chi connectivity index (χ4n) is 2.82. The molecule has 0 saturated carbocycles. The number of rotatable bonds is 4. The number of aryl methyl sites for hydroxylation is 3. The lowest BCUT2D eigenvalue weighted by atomic mass is 9.91. The van der Waals surface area contributed by atoms with Crippen LogP contribution in [0, 0.1) is 32.4 Å². The summed E-state index contributed by atoms with van der Waals surface area (Å²) in [5, 5.41) is 0. The Morgan fingerprint density at radius 3 is 2.05 bits per heavy atom. The lowest BCUT2D eigenvalue weighted by molar-refractivity contribution is 0.472. The zero-order valence-electron chi connectivity index (χ0n) is 12.5. The molecule has 1 unspecified atom stereocenters. The van der Waals surface area contributed by atoms with Crippen LogP contribution in [-0.2, 0) is 6.42 Å². The molecule has 0 radical (unpaired) electrons. The highest BCUT2D eigenvalue weighted by molar-refractivity contribution is 5.39. The predicted octanol–water partition coefficient (Wildman–Crippen LogP) is 3.64. The monoisotopic (exact) mass is 290 g/mol. The second-order valence-electron chi connectivity index (χ2n) is 5.44. The van der Waals surface area contributed by atoms with Crippen molar-refractivity contribution in [3.8, 4) is 0 Å². The molecule has 2 aromatic rings. The van der Waals surface area contributed by atoms with Gasteiger partial charge in [0.25, 0.3) is 0 Å². The van der Waals surface area contributed by atoms with E-state index in [1.165, 1.54) is 23.8 Å². The maximum Gasteiger partial charge on any atom is 0.130 e. The van der Waals surface area contributed by atoms with Gasteiger partial charge in [0.05, 0.1) is 6.04 Å². The minimum atomic E-state index is -0.605. The number of hydrazine groups is 1. The maximum atomic E-state index is 13.9. The summed E-state index contributed by atoms with van der Waals surface area (Å²) in [6, 6.07) is 7.37. The van der Waals surface area contributed by atoms with Crippen molar-refractivity contribution in [2.24, 2.45) is 5.84 Å². The molecule has 0 aliphatic carbocycles.